The number of ketones is 1. The fraction of sp³-hybridized carbons (Fsp3) is 0.357. The highest BCUT2D eigenvalue weighted by atomic mass is 35.5. The molecular formula is C14H15ClFN3OS. The molecule has 0 aliphatic carbocycles. The lowest BCUT2D eigenvalue weighted by Crippen LogP contribution is -2.07. The quantitative estimate of drug-likeness (QED) is 0.616. The first-order valence-corrected chi connectivity index (χ1v) is 7.77. The second-order valence-corrected chi connectivity index (χ2v) is 6.26. The van der Waals surface area contributed by atoms with Gasteiger partial charge in [0.15, 0.2) is 10.9 Å². The molecule has 0 amide bonds. The summed E-state index contributed by atoms with van der Waals surface area (Å²) in [5, 5.41) is 8.64. The number of benzene rings is 1. The van der Waals surface area contributed by atoms with Gasteiger partial charge in [-0.25, -0.2) is 4.39 Å². The maximum absolute atomic E-state index is 13.4. The van der Waals surface area contributed by atoms with E-state index in [1.807, 2.05) is 18.4 Å². The van der Waals surface area contributed by atoms with Crippen LogP contribution in [0.1, 0.15) is 35.8 Å². The maximum atomic E-state index is 13.4. The highest BCUT2D eigenvalue weighted by Crippen LogP contribution is 2.24. The van der Waals surface area contributed by atoms with Crippen LogP contribution >= 0.6 is 23.4 Å². The topological polar surface area (TPSA) is 47.8 Å². The van der Waals surface area contributed by atoms with Gasteiger partial charge in [-0.05, 0) is 38.5 Å². The number of halogens is 2. The van der Waals surface area contributed by atoms with Crippen LogP contribution in [0, 0.1) is 12.7 Å². The molecule has 0 saturated heterocycles. The molecule has 4 nitrogen and oxygen atoms in total. The molecular weight excluding hydrogens is 313 g/mol. The molecule has 0 N–H and O–H groups in total. The summed E-state index contributed by atoms with van der Waals surface area (Å²) >= 11 is 7.23. The number of hydrogen-bond donors (Lipinski definition) is 0. The lowest BCUT2D eigenvalue weighted by atomic mass is 10.1. The van der Waals surface area contributed by atoms with Gasteiger partial charge in [-0.15, -0.1) is 10.2 Å². The summed E-state index contributed by atoms with van der Waals surface area (Å²) in [4.78, 5) is 12.2. The molecule has 0 atom stereocenters. The van der Waals surface area contributed by atoms with Gasteiger partial charge in [-0.1, -0.05) is 23.4 Å². The lowest BCUT2D eigenvalue weighted by molar-refractivity contribution is 0.102. The van der Waals surface area contributed by atoms with Crippen molar-refractivity contribution in [2.75, 3.05) is 5.75 Å². The predicted octanol–water partition coefficient (Wildman–Crippen LogP) is 3.93. The number of aromatic nitrogens is 3. The Kier molecular flexibility index (Phi) is 5.00. The van der Waals surface area contributed by atoms with Crippen LogP contribution < -0.4 is 0 Å². The number of carbonyl (C=O) groups is 1. The van der Waals surface area contributed by atoms with Gasteiger partial charge in [0, 0.05) is 11.6 Å². The zero-order valence-electron chi connectivity index (χ0n) is 11.9. The fourth-order valence-electron chi connectivity index (χ4n) is 1.77. The number of Topliss-reactive ketones (excluding diaryl/α,β-unsaturated/α-hetero) is 1. The number of carbonyl (C=O) groups excluding carboxylic acids is 1. The fourth-order valence-corrected chi connectivity index (χ4v) is 2.95. The van der Waals surface area contributed by atoms with Crippen LogP contribution in [-0.2, 0) is 0 Å². The lowest BCUT2D eigenvalue weighted by Gasteiger charge is -2.09. The highest BCUT2D eigenvalue weighted by Gasteiger charge is 2.16. The monoisotopic (exact) mass is 327 g/mol. The summed E-state index contributed by atoms with van der Waals surface area (Å²) in [6.45, 7) is 5.62. The maximum Gasteiger partial charge on any atom is 0.191 e. The molecule has 0 spiro atoms. The van der Waals surface area contributed by atoms with E-state index >= 15 is 0 Å². The summed E-state index contributed by atoms with van der Waals surface area (Å²) in [6.07, 6.45) is 1.63. The van der Waals surface area contributed by atoms with Crippen molar-refractivity contribution in [1.82, 2.24) is 14.8 Å². The minimum atomic E-state index is -0.413. The number of aryl methyl sites for hydroxylation is 1. The molecule has 0 aliphatic rings. The first-order valence-electron chi connectivity index (χ1n) is 6.41. The van der Waals surface area contributed by atoms with Crippen molar-refractivity contribution in [3.63, 3.8) is 0 Å². The minimum Gasteiger partial charge on any atom is -0.306 e. The van der Waals surface area contributed by atoms with Gasteiger partial charge in [0.05, 0.1) is 10.8 Å². The molecule has 112 valence electrons. The molecule has 0 aliphatic heterocycles. The SMILES string of the molecule is Cc1cc(C(=O)CSc2nncn2C(C)C)c(Cl)cc1F. The minimum absolute atomic E-state index is 0.133. The summed E-state index contributed by atoms with van der Waals surface area (Å²) in [7, 11) is 0. The van der Waals surface area contributed by atoms with Gasteiger partial charge in [0.25, 0.3) is 0 Å². The standard InChI is InChI=1S/C14H15ClFN3OS/c1-8(2)19-7-17-18-14(19)21-6-13(20)10-4-9(3)12(16)5-11(10)15/h4-5,7-8H,6H2,1-3H3. The van der Waals surface area contributed by atoms with Crippen LogP contribution in [0.2, 0.25) is 5.02 Å². The van der Waals surface area contributed by atoms with Crippen LogP contribution in [0.3, 0.4) is 0 Å². The first kappa shape index (κ1) is 16.0. The van der Waals surface area contributed by atoms with Crippen LogP contribution in [0.25, 0.3) is 0 Å². The van der Waals surface area contributed by atoms with Crippen molar-refractivity contribution in [3.8, 4) is 0 Å². The van der Waals surface area contributed by atoms with Crippen LogP contribution in [0.4, 0.5) is 4.39 Å². The third kappa shape index (κ3) is 3.63. The Labute approximate surface area is 131 Å². The van der Waals surface area contributed by atoms with E-state index in [1.54, 1.807) is 13.3 Å². The van der Waals surface area contributed by atoms with Gasteiger partial charge in [-0.2, -0.15) is 0 Å². The Hall–Kier alpha value is -1.40. The number of nitrogens with zero attached hydrogens (tertiary/aromatic N) is 3. The summed E-state index contributed by atoms with van der Waals surface area (Å²) in [5.41, 5.74) is 0.733. The molecule has 0 radical (unpaired) electrons. The Morgan fingerprint density at radius 2 is 2.19 bits per heavy atom. The molecule has 1 heterocycles. The molecule has 1 aromatic carbocycles. The average Bonchev–Trinajstić information content (AvgIpc) is 2.88. The molecule has 0 fully saturated rings. The number of hydrogen-bond acceptors (Lipinski definition) is 4. The molecule has 0 saturated carbocycles. The summed E-state index contributed by atoms with van der Waals surface area (Å²) < 4.78 is 15.2. The van der Waals surface area contributed by atoms with Crippen molar-refractivity contribution in [3.05, 3.63) is 40.4 Å². The van der Waals surface area contributed by atoms with E-state index in [1.165, 1.54) is 23.9 Å². The van der Waals surface area contributed by atoms with E-state index in [2.05, 4.69) is 10.2 Å². The normalized spacial score (nSPS) is 11.1. The highest BCUT2D eigenvalue weighted by molar-refractivity contribution is 7.99. The van der Waals surface area contributed by atoms with E-state index in [0.29, 0.717) is 16.3 Å². The van der Waals surface area contributed by atoms with E-state index in [4.69, 9.17) is 11.6 Å². The van der Waals surface area contributed by atoms with Gasteiger partial charge >= 0.3 is 0 Å². The Balaban J connectivity index is 2.12. The number of thioether (sulfide) groups is 1. The van der Waals surface area contributed by atoms with Gasteiger partial charge in [-0.3, -0.25) is 4.79 Å². The van der Waals surface area contributed by atoms with Crippen molar-refractivity contribution in [2.45, 2.75) is 32.0 Å². The zero-order valence-corrected chi connectivity index (χ0v) is 13.5. The van der Waals surface area contributed by atoms with E-state index in [9.17, 15) is 9.18 Å². The first-order chi connectivity index (χ1) is 9.90. The third-order valence-electron chi connectivity index (χ3n) is 2.98. The van der Waals surface area contributed by atoms with Gasteiger partial charge in [0.2, 0.25) is 0 Å². The van der Waals surface area contributed by atoms with E-state index in [-0.39, 0.29) is 22.6 Å². The Morgan fingerprint density at radius 1 is 1.48 bits per heavy atom. The second-order valence-electron chi connectivity index (χ2n) is 4.91. The molecule has 0 bridgehead atoms. The molecule has 0 unspecified atom stereocenters. The third-order valence-corrected chi connectivity index (χ3v) is 4.25. The van der Waals surface area contributed by atoms with Gasteiger partial charge < -0.3 is 4.57 Å². The molecule has 1 aromatic heterocycles. The summed E-state index contributed by atoms with van der Waals surface area (Å²) in [6, 6.07) is 2.87. The van der Waals surface area contributed by atoms with Crippen molar-refractivity contribution >= 4 is 29.1 Å². The second kappa shape index (κ2) is 6.58. The predicted molar refractivity (Wildman–Crippen MR) is 81.6 cm³/mol. The largest absolute Gasteiger partial charge is 0.306 e. The average molecular weight is 328 g/mol. The van der Waals surface area contributed by atoms with E-state index in [0.717, 1.165) is 0 Å². The molecule has 7 heteroatoms. The smallest absolute Gasteiger partial charge is 0.191 e. The zero-order chi connectivity index (χ0) is 15.6. The van der Waals surface area contributed by atoms with Crippen molar-refractivity contribution < 1.29 is 9.18 Å². The van der Waals surface area contributed by atoms with Crippen LogP contribution in [-0.4, -0.2) is 26.3 Å². The van der Waals surface area contributed by atoms with Gasteiger partial charge in [0.1, 0.15) is 12.1 Å². The molecule has 2 rings (SSSR count). The summed E-state index contributed by atoms with van der Waals surface area (Å²) in [5.74, 6) is -0.397. The van der Waals surface area contributed by atoms with Crippen LogP contribution in [0.15, 0.2) is 23.6 Å². The van der Waals surface area contributed by atoms with Crippen molar-refractivity contribution in [1.29, 1.82) is 0 Å². The Bertz CT molecular complexity index is 672. The van der Waals surface area contributed by atoms with E-state index < -0.39 is 5.82 Å². The molecule has 21 heavy (non-hydrogen) atoms. The van der Waals surface area contributed by atoms with Crippen molar-refractivity contribution in [2.24, 2.45) is 0 Å². The molecule has 2 aromatic rings. The number of rotatable bonds is 5. The Morgan fingerprint density at radius 3 is 2.86 bits per heavy atom. The van der Waals surface area contributed by atoms with Crippen LogP contribution in [0.5, 0.6) is 0 Å².